The van der Waals surface area contributed by atoms with E-state index < -0.39 is 0 Å². The van der Waals surface area contributed by atoms with E-state index >= 15 is 0 Å². The van der Waals surface area contributed by atoms with Gasteiger partial charge in [0, 0.05) is 0 Å². The van der Waals surface area contributed by atoms with Gasteiger partial charge in [-0.15, -0.1) is 0 Å². The zero-order chi connectivity index (χ0) is 13.8. The van der Waals surface area contributed by atoms with Crippen molar-refractivity contribution in [3.63, 3.8) is 0 Å². The molecule has 0 radical (unpaired) electrons. The van der Waals surface area contributed by atoms with Crippen LogP contribution in [0.5, 0.6) is 0 Å². The molecule has 114 valence electrons. The molecule has 0 aromatic heterocycles. The minimum atomic E-state index is 0.641. The third-order valence-corrected chi connectivity index (χ3v) is 4.37. The summed E-state index contributed by atoms with van der Waals surface area (Å²) < 4.78 is 5.77. The van der Waals surface area contributed by atoms with Crippen molar-refractivity contribution in [1.29, 1.82) is 0 Å². The molecule has 1 heteroatoms. The molecular weight excluding hydrogens is 232 g/mol. The average molecular weight is 268 g/mol. The molecule has 0 amide bonds. The van der Waals surface area contributed by atoms with Crippen LogP contribution in [0.1, 0.15) is 104 Å². The lowest BCUT2D eigenvalue weighted by Crippen LogP contribution is -1.94. The standard InChI is InChI=1S/C18H36O/c1-3-5-7-9-11-13-15-17-18(19-17)16-14-12-10-8-6-4-2/h17-18H,3-16H2,1-2H3/t17-,18-/m1/s1. The third-order valence-electron chi connectivity index (χ3n) is 4.37. The summed E-state index contributed by atoms with van der Waals surface area (Å²) in [6.45, 7) is 4.57. The molecule has 0 saturated carbocycles. The van der Waals surface area contributed by atoms with Crippen molar-refractivity contribution in [3.8, 4) is 0 Å². The minimum Gasteiger partial charge on any atom is -0.370 e. The molecule has 0 N–H and O–H groups in total. The van der Waals surface area contributed by atoms with Crippen LogP contribution in [0.15, 0.2) is 0 Å². The Kier molecular flexibility index (Phi) is 10.5. The van der Waals surface area contributed by atoms with Crippen molar-refractivity contribution in [2.45, 2.75) is 116 Å². The van der Waals surface area contributed by atoms with Crippen molar-refractivity contribution in [2.75, 3.05) is 0 Å². The third kappa shape index (κ3) is 9.49. The number of hydrogen-bond donors (Lipinski definition) is 0. The molecule has 0 aromatic rings. The topological polar surface area (TPSA) is 12.5 Å². The van der Waals surface area contributed by atoms with E-state index in [1.165, 1.54) is 89.9 Å². The zero-order valence-corrected chi connectivity index (χ0v) is 13.5. The predicted molar refractivity (Wildman–Crippen MR) is 84.6 cm³/mol. The maximum absolute atomic E-state index is 5.77. The number of ether oxygens (including phenoxy) is 1. The molecule has 1 rings (SSSR count). The first-order chi connectivity index (χ1) is 9.38. The highest BCUT2D eigenvalue weighted by Gasteiger charge is 2.36. The lowest BCUT2D eigenvalue weighted by Gasteiger charge is -2.00. The molecule has 1 heterocycles. The van der Waals surface area contributed by atoms with Crippen molar-refractivity contribution >= 4 is 0 Å². The van der Waals surface area contributed by atoms with Gasteiger partial charge in [-0.1, -0.05) is 90.9 Å². The summed E-state index contributed by atoms with van der Waals surface area (Å²) in [5, 5.41) is 0. The minimum absolute atomic E-state index is 0.641. The molecule has 1 aliphatic rings. The van der Waals surface area contributed by atoms with Gasteiger partial charge in [-0.3, -0.25) is 0 Å². The maximum atomic E-state index is 5.77. The van der Waals surface area contributed by atoms with Gasteiger partial charge in [0.15, 0.2) is 0 Å². The summed E-state index contributed by atoms with van der Waals surface area (Å²) in [6.07, 6.45) is 20.8. The fourth-order valence-electron chi connectivity index (χ4n) is 2.94. The van der Waals surface area contributed by atoms with Crippen LogP contribution in [0, 0.1) is 0 Å². The van der Waals surface area contributed by atoms with E-state index in [0.717, 1.165) is 0 Å². The van der Waals surface area contributed by atoms with Gasteiger partial charge in [0.05, 0.1) is 12.2 Å². The largest absolute Gasteiger partial charge is 0.370 e. The highest BCUT2D eigenvalue weighted by atomic mass is 16.6. The van der Waals surface area contributed by atoms with Crippen molar-refractivity contribution in [3.05, 3.63) is 0 Å². The van der Waals surface area contributed by atoms with Gasteiger partial charge < -0.3 is 4.74 Å². The molecule has 1 aliphatic heterocycles. The quantitative estimate of drug-likeness (QED) is 0.268. The molecular formula is C18H36O. The predicted octanol–water partition coefficient (Wildman–Crippen LogP) is 6.26. The van der Waals surface area contributed by atoms with Gasteiger partial charge in [-0.05, 0) is 12.8 Å². The Morgan fingerprint density at radius 2 is 0.895 bits per heavy atom. The van der Waals surface area contributed by atoms with E-state index in [4.69, 9.17) is 4.74 Å². The first kappa shape index (κ1) is 17.0. The number of unbranched alkanes of at least 4 members (excludes halogenated alkanes) is 10. The molecule has 2 atom stereocenters. The highest BCUT2D eigenvalue weighted by Crippen LogP contribution is 2.31. The van der Waals surface area contributed by atoms with Crippen molar-refractivity contribution in [2.24, 2.45) is 0 Å². The maximum Gasteiger partial charge on any atom is 0.0841 e. The summed E-state index contributed by atoms with van der Waals surface area (Å²) in [5.74, 6) is 0. The summed E-state index contributed by atoms with van der Waals surface area (Å²) >= 11 is 0. The highest BCUT2D eigenvalue weighted by molar-refractivity contribution is 4.84. The molecule has 0 aliphatic carbocycles. The van der Waals surface area contributed by atoms with E-state index in [-0.39, 0.29) is 0 Å². The van der Waals surface area contributed by atoms with Crippen molar-refractivity contribution in [1.82, 2.24) is 0 Å². The second-order valence-electron chi connectivity index (χ2n) is 6.33. The summed E-state index contributed by atoms with van der Waals surface area (Å²) in [6, 6.07) is 0. The molecule has 1 fully saturated rings. The Bertz CT molecular complexity index is 170. The lowest BCUT2D eigenvalue weighted by atomic mass is 10.0. The fourth-order valence-corrected chi connectivity index (χ4v) is 2.94. The van der Waals surface area contributed by atoms with E-state index in [1.807, 2.05) is 0 Å². The van der Waals surface area contributed by atoms with Gasteiger partial charge >= 0.3 is 0 Å². The van der Waals surface area contributed by atoms with Gasteiger partial charge in [0.1, 0.15) is 0 Å². The summed E-state index contributed by atoms with van der Waals surface area (Å²) in [5.41, 5.74) is 0. The molecule has 1 saturated heterocycles. The van der Waals surface area contributed by atoms with E-state index in [1.54, 1.807) is 0 Å². The monoisotopic (exact) mass is 268 g/mol. The number of rotatable bonds is 14. The zero-order valence-electron chi connectivity index (χ0n) is 13.5. The second kappa shape index (κ2) is 11.8. The van der Waals surface area contributed by atoms with E-state index in [2.05, 4.69) is 13.8 Å². The van der Waals surface area contributed by atoms with E-state index in [0.29, 0.717) is 12.2 Å². The molecule has 0 unspecified atom stereocenters. The first-order valence-corrected chi connectivity index (χ1v) is 9.04. The Morgan fingerprint density at radius 1 is 0.526 bits per heavy atom. The van der Waals surface area contributed by atoms with Crippen LogP contribution in [0.3, 0.4) is 0 Å². The number of epoxide rings is 1. The smallest absolute Gasteiger partial charge is 0.0841 e. The molecule has 0 bridgehead atoms. The summed E-state index contributed by atoms with van der Waals surface area (Å²) in [7, 11) is 0. The Labute approximate surface area is 121 Å². The first-order valence-electron chi connectivity index (χ1n) is 9.04. The Hall–Kier alpha value is -0.0400. The Morgan fingerprint density at radius 3 is 1.32 bits per heavy atom. The van der Waals surface area contributed by atoms with Crippen LogP contribution < -0.4 is 0 Å². The lowest BCUT2D eigenvalue weighted by molar-refractivity contribution is 0.347. The Balaban J connectivity index is 1.76. The number of hydrogen-bond acceptors (Lipinski definition) is 1. The normalized spacial score (nSPS) is 21.8. The van der Waals surface area contributed by atoms with Crippen LogP contribution in [-0.2, 0) is 4.74 Å². The molecule has 0 spiro atoms. The molecule has 1 nitrogen and oxygen atoms in total. The van der Waals surface area contributed by atoms with Gasteiger partial charge in [0.25, 0.3) is 0 Å². The van der Waals surface area contributed by atoms with Crippen LogP contribution in [0.25, 0.3) is 0 Å². The van der Waals surface area contributed by atoms with Gasteiger partial charge in [0.2, 0.25) is 0 Å². The SMILES string of the molecule is CCCCCCCC[C@H]1O[C@@H]1CCCCCCCC. The fraction of sp³-hybridized carbons (Fsp3) is 1.00. The van der Waals surface area contributed by atoms with Crippen molar-refractivity contribution < 1.29 is 4.74 Å². The molecule has 0 aromatic carbocycles. The second-order valence-corrected chi connectivity index (χ2v) is 6.33. The van der Waals surface area contributed by atoms with Crippen LogP contribution in [0.2, 0.25) is 0 Å². The summed E-state index contributed by atoms with van der Waals surface area (Å²) in [4.78, 5) is 0. The van der Waals surface area contributed by atoms with Crippen LogP contribution in [0.4, 0.5) is 0 Å². The average Bonchev–Trinajstić information content (AvgIpc) is 3.16. The van der Waals surface area contributed by atoms with Crippen LogP contribution >= 0.6 is 0 Å². The van der Waals surface area contributed by atoms with Gasteiger partial charge in [-0.2, -0.15) is 0 Å². The van der Waals surface area contributed by atoms with Gasteiger partial charge in [-0.25, -0.2) is 0 Å². The van der Waals surface area contributed by atoms with E-state index in [9.17, 15) is 0 Å². The van der Waals surface area contributed by atoms with Crippen LogP contribution in [-0.4, -0.2) is 12.2 Å². The molecule has 19 heavy (non-hydrogen) atoms.